The topological polar surface area (TPSA) is 0 Å². The van der Waals surface area contributed by atoms with Crippen molar-refractivity contribution in [3.63, 3.8) is 0 Å². The highest BCUT2D eigenvalue weighted by Crippen LogP contribution is 2.36. The Labute approximate surface area is 81.0 Å². The van der Waals surface area contributed by atoms with Gasteiger partial charge in [0.2, 0.25) is 0 Å². The number of fused-ring (bicyclic) bond motifs is 1. The van der Waals surface area contributed by atoms with E-state index in [0.29, 0.717) is 5.92 Å². The minimum atomic E-state index is 0.688. The van der Waals surface area contributed by atoms with Gasteiger partial charge in [-0.3, -0.25) is 0 Å². The molecule has 0 aliphatic heterocycles. The predicted octanol–water partition coefficient (Wildman–Crippen LogP) is 4.01. The fraction of sp³-hybridized carbons (Fsp3) is 0.538. The van der Waals surface area contributed by atoms with Gasteiger partial charge < -0.3 is 0 Å². The minimum absolute atomic E-state index is 0.688. The van der Waals surface area contributed by atoms with Crippen molar-refractivity contribution in [3.05, 3.63) is 34.9 Å². The predicted molar refractivity (Wildman–Crippen MR) is 57.6 cm³/mol. The number of hydrogen-bond donors (Lipinski definition) is 0. The van der Waals surface area contributed by atoms with Gasteiger partial charge in [0.25, 0.3) is 0 Å². The van der Waals surface area contributed by atoms with Crippen LogP contribution in [0.3, 0.4) is 0 Å². The third kappa shape index (κ3) is 1.63. The highest BCUT2D eigenvalue weighted by atomic mass is 14.2. The first kappa shape index (κ1) is 8.80. The number of rotatable bonds is 1. The van der Waals surface area contributed by atoms with Crippen LogP contribution in [0, 0.1) is 5.92 Å². The van der Waals surface area contributed by atoms with E-state index >= 15 is 0 Å². The van der Waals surface area contributed by atoms with Crippen LogP contribution < -0.4 is 0 Å². The molecule has 0 heterocycles. The zero-order valence-corrected chi connectivity index (χ0v) is 8.64. The Kier molecular flexibility index (Phi) is 2.39. The first-order valence-corrected chi connectivity index (χ1v) is 5.39. The molecule has 0 heteroatoms. The van der Waals surface area contributed by atoms with Crippen molar-refractivity contribution in [2.75, 3.05) is 0 Å². The fourth-order valence-corrected chi connectivity index (χ4v) is 2.30. The first-order valence-electron chi connectivity index (χ1n) is 5.39. The molecule has 2 aliphatic carbocycles. The molecule has 0 bridgehead atoms. The molecular formula is C13H18. The summed E-state index contributed by atoms with van der Waals surface area (Å²) in [5, 5.41) is 0. The molecular weight excluding hydrogens is 156 g/mol. The van der Waals surface area contributed by atoms with E-state index in [2.05, 4.69) is 32.1 Å². The Morgan fingerprint density at radius 1 is 1.15 bits per heavy atom. The van der Waals surface area contributed by atoms with Gasteiger partial charge >= 0.3 is 0 Å². The minimum Gasteiger partial charge on any atom is -0.0769 e. The monoisotopic (exact) mass is 174 g/mol. The van der Waals surface area contributed by atoms with Crippen molar-refractivity contribution in [3.8, 4) is 0 Å². The van der Waals surface area contributed by atoms with Gasteiger partial charge in [-0.15, -0.1) is 0 Å². The molecule has 70 valence electrons. The molecule has 0 fully saturated rings. The van der Waals surface area contributed by atoms with Crippen molar-refractivity contribution in [1.82, 2.24) is 0 Å². The summed E-state index contributed by atoms with van der Waals surface area (Å²) in [5.41, 5.74) is 4.75. The second-order valence-corrected chi connectivity index (χ2v) is 4.29. The molecule has 0 amide bonds. The Balaban J connectivity index is 2.32. The third-order valence-electron chi connectivity index (χ3n) is 2.98. The van der Waals surface area contributed by atoms with Crippen LogP contribution in [0.5, 0.6) is 0 Å². The van der Waals surface area contributed by atoms with Gasteiger partial charge in [-0.2, -0.15) is 0 Å². The summed E-state index contributed by atoms with van der Waals surface area (Å²) in [6.07, 6.45) is 12.3. The molecule has 0 atom stereocenters. The molecule has 0 radical (unpaired) electrons. The maximum atomic E-state index is 2.43. The Morgan fingerprint density at radius 2 is 2.00 bits per heavy atom. The van der Waals surface area contributed by atoms with Crippen LogP contribution in [0.25, 0.3) is 0 Å². The quantitative estimate of drug-likeness (QED) is 0.563. The number of hydrogen-bond acceptors (Lipinski definition) is 0. The lowest BCUT2D eigenvalue weighted by Crippen LogP contribution is -2.07. The van der Waals surface area contributed by atoms with Crippen LogP contribution in [0.2, 0.25) is 0 Å². The van der Waals surface area contributed by atoms with E-state index in [9.17, 15) is 0 Å². The highest BCUT2D eigenvalue weighted by molar-refractivity contribution is 5.51. The summed E-state index contributed by atoms with van der Waals surface area (Å²) in [4.78, 5) is 0. The summed E-state index contributed by atoms with van der Waals surface area (Å²) in [6.45, 7) is 4.59. The average molecular weight is 174 g/mol. The molecule has 0 saturated carbocycles. The molecule has 2 aliphatic rings. The van der Waals surface area contributed by atoms with Crippen molar-refractivity contribution >= 4 is 0 Å². The third-order valence-corrected chi connectivity index (χ3v) is 2.98. The van der Waals surface area contributed by atoms with Crippen LogP contribution in [0.15, 0.2) is 34.9 Å². The van der Waals surface area contributed by atoms with E-state index in [-0.39, 0.29) is 0 Å². The van der Waals surface area contributed by atoms with E-state index < -0.39 is 0 Å². The zero-order chi connectivity index (χ0) is 9.26. The van der Waals surface area contributed by atoms with Crippen LogP contribution >= 0.6 is 0 Å². The van der Waals surface area contributed by atoms with E-state index in [0.717, 1.165) is 6.42 Å². The summed E-state index contributed by atoms with van der Waals surface area (Å²) in [7, 11) is 0. The lowest BCUT2D eigenvalue weighted by atomic mass is 9.80. The Hall–Kier alpha value is -0.780. The second-order valence-electron chi connectivity index (χ2n) is 4.29. The van der Waals surface area contributed by atoms with Gasteiger partial charge in [0.1, 0.15) is 0 Å². The van der Waals surface area contributed by atoms with Gasteiger partial charge in [0.15, 0.2) is 0 Å². The van der Waals surface area contributed by atoms with Crippen LogP contribution in [0.4, 0.5) is 0 Å². The largest absolute Gasteiger partial charge is 0.0769 e. The summed E-state index contributed by atoms with van der Waals surface area (Å²) < 4.78 is 0. The highest BCUT2D eigenvalue weighted by Gasteiger charge is 2.18. The lowest BCUT2D eigenvalue weighted by molar-refractivity contribution is 0.733. The summed E-state index contributed by atoms with van der Waals surface area (Å²) >= 11 is 0. The average Bonchev–Trinajstić information content (AvgIpc) is 2.17. The Bertz CT molecular complexity index is 287. The van der Waals surface area contributed by atoms with Crippen molar-refractivity contribution in [2.24, 2.45) is 5.92 Å². The summed E-state index contributed by atoms with van der Waals surface area (Å²) in [6, 6.07) is 0. The second kappa shape index (κ2) is 3.53. The van der Waals surface area contributed by atoms with Gasteiger partial charge in [-0.25, -0.2) is 0 Å². The maximum absolute atomic E-state index is 2.43. The standard InChI is InChI=1S/C13H18/c1-10(2)12-9-5-7-11-6-3-4-8-13(11)12/h7-10H,3-6H2,1-2H3. The molecule has 0 unspecified atom stereocenters. The molecule has 0 aromatic rings. The van der Waals surface area contributed by atoms with E-state index in [1.165, 1.54) is 19.3 Å². The molecule has 0 N–H and O–H groups in total. The first-order chi connectivity index (χ1) is 6.29. The molecule has 2 rings (SSSR count). The van der Waals surface area contributed by atoms with Crippen LogP contribution in [0.1, 0.15) is 39.5 Å². The van der Waals surface area contributed by atoms with Gasteiger partial charge in [-0.05, 0) is 48.3 Å². The van der Waals surface area contributed by atoms with Gasteiger partial charge in [0.05, 0.1) is 0 Å². The molecule has 0 nitrogen and oxygen atoms in total. The molecule has 0 saturated heterocycles. The zero-order valence-electron chi connectivity index (χ0n) is 8.64. The normalized spacial score (nSPS) is 21.9. The maximum Gasteiger partial charge on any atom is -0.0157 e. The van der Waals surface area contributed by atoms with Gasteiger partial charge in [0, 0.05) is 0 Å². The van der Waals surface area contributed by atoms with E-state index in [1.807, 2.05) is 0 Å². The van der Waals surface area contributed by atoms with Crippen molar-refractivity contribution in [2.45, 2.75) is 39.5 Å². The smallest absolute Gasteiger partial charge is 0.0157 e. The molecule has 0 aromatic carbocycles. The molecule has 13 heavy (non-hydrogen) atoms. The summed E-state index contributed by atoms with van der Waals surface area (Å²) in [5.74, 6) is 0.688. The fourth-order valence-electron chi connectivity index (χ4n) is 2.30. The lowest BCUT2D eigenvalue weighted by Gasteiger charge is -2.25. The van der Waals surface area contributed by atoms with Crippen molar-refractivity contribution < 1.29 is 0 Å². The van der Waals surface area contributed by atoms with Gasteiger partial charge in [-0.1, -0.05) is 32.1 Å². The van der Waals surface area contributed by atoms with Crippen LogP contribution in [-0.4, -0.2) is 0 Å². The van der Waals surface area contributed by atoms with Crippen molar-refractivity contribution in [1.29, 1.82) is 0 Å². The van der Waals surface area contributed by atoms with E-state index in [1.54, 1.807) is 16.7 Å². The molecule has 0 aromatic heterocycles. The van der Waals surface area contributed by atoms with Crippen LogP contribution in [-0.2, 0) is 0 Å². The Morgan fingerprint density at radius 3 is 2.77 bits per heavy atom. The molecule has 0 spiro atoms. The number of allylic oxidation sites excluding steroid dienone is 6. The van der Waals surface area contributed by atoms with E-state index in [4.69, 9.17) is 0 Å². The SMILES string of the molecule is CC(C)C1=CCC=C2CCCC=C21.